The highest BCUT2D eigenvalue weighted by molar-refractivity contribution is 7.80. The molecule has 0 aromatic carbocycles. The summed E-state index contributed by atoms with van der Waals surface area (Å²) < 4.78 is 0. The highest BCUT2D eigenvalue weighted by Gasteiger charge is 2.19. The molecule has 0 saturated heterocycles. The van der Waals surface area contributed by atoms with Crippen molar-refractivity contribution in [3.63, 3.8) is 0 Å². The van der Waals surface area contributed by atoms with Gasteiger partial charge in [-0.05, 0) is 12.8 Å². The monoisotopic (exact) mass is 236 g/mol. The standard InChI is InChI=1S/C7H12O2.C3H8O2S/c8-7(9)6-4-2-1-3-5-6;4-1-3(5)2-6/h6H,1-5H2,(H,8,9);3-6H,1-2H2. The lowest BCUT2D eigenvalue weighted by atomic mass is 9.90. The Morgan fingerprint density at radius 2 is 1.87 bits per heavy atom. The average molecular weight is 236 g/mol. The van der Waals surface area contributed by atoms with Crippen molar-refractivity contribution in [3.05, 3.63) is 0 Å². The van der Waals surface area contributed by atoms with Crippen molar-refractivity contribution in [2.45, 2.75) is 38.2 Å². The van der Waals surface area contributed by atoms with Gasteiger partial charge < -0.3 is 15.3 Å². The molecule has 0 bridgehead atoms. The van der Waals surface area contributed by atoms with Gasteiger partial charge in [0, 0.05) is 5.75 Å². The molecule has 1 unspecified atom stereocenters. The van der Waals surface area contributed by atoms with Crippen molar-refractivity contribution in [3.8, 4) is 0 Å². The summed E-state index contributed by atoms with van der Waals surface area (Å²) in [6.45, 7) is -0.191. The summed E-state index contributed by atoms with van der Waals surface area (Å²) in [5.41, 5.74) is 0. The Labute approximate surface area is 95.7 Å². The van der Waals surface area contributed by atoms with Crippen LogP contribution in [0.25, 0.3) is 0 Å². The van der Waals surface area contributed by atoms with Gasteiger partial charge in [-0.3, -0.25) is 4.79 Å². The average Bonchev–Trinajstić information content (AvgIpc) is 2.30. The second kappa shape index (κ2) is 9.00. The maximum absolute atomic E-state index is 10.4. The minimum absolute atomic E-state index is 0.0289. The predicted molar refractivity (Wildman–Crippen MR) is 61.2 cm³/mol. The van der Waals surface area contributed by atoms with Crippen molar-refractivity contribution >= 4 is 18.6 Å². The minimum atomic E-state index is -0.645. The van der Waals surface area contributed by atoms with Gasteiger partial charge in [0.15, 0.2) is 0 Å². The largest absolute Gasteiger partial charge is 0.481 e. The fourth-order valence-electron chi connectivity index (χ4n) is 1.41. The van der Waals surface area contributed by atoms with Crippen LogP contribution >= 0.6 is 12.6 Å². The van der Waals surface area contributed by atoms with Crippen molar-refractivity contribution in [2.75, 3.05) is 12.4 Å². The van der Waals surface area contributed by atoms with Gasteiger partial charge in [0.1, 0.15) is 0 Å². The lowest BCUT2D eigenvalue weighted by Gasteiger charge is -2.16. The van der Waals surface area contributed by atoms with E-state index in [1.165, 1.54) is 6.42 Å². The molecule has 0 aromatic heterocycles. The van der Waals surface area contributed by atoms with Gasteiger partial charge >= 0.3 is 5.97 Å². The van der Waals surface area contributed by atoms with E-state index in [1.54, 1.807) is 0 Å². The maximum Gasteiger partial charge on any atom is 0.306 e. The molecular weight excluding hydrogens is 216 g/mol. The predicted octanol–water partition coefficient (Wildman–Crippen LogP) is 0.921. The quantitative estimate of drug-likeness (QED) is 0.550. The van der Waals surface area contributed by atoms with E-state index in [2.05, 4.69) is 12.6 Å². The Morgan fingerprint density at radius 1 is 1.33 bits per heavy atom. The zero-order valence-electron chi connectivity index (χ0n) is 8.80. The lowest BCUT2D eigenvalue weighted by molar-refractivity contribution is -0.142. The number of aliphatic hydroxyl groups is 2. The van der Waals surface area contributed by atoms with E-state index in [0.29, 0.717) is 5.75 Å². The molecule has 1 rings (SSSR count). The van der Waals surface area contributed by atoms with Crippen molar-refractivity contribution in [2.24, 2.45) is 5.92 Å². The minimum Gasteiger partial charge on any atom is -0.481 e. The molecule has 1 aliphatic rings. The van der Waals surface area contributed by atoms with Gasteiger partial charge in [-0.25, -0.2) is 0 Å². The fraction of sp³-hybridized carbons (Fsp3) is 0.900. The number of carboxylic acid groups (broad SMARTS) is 1. The third-order valence-corrected chi connectivity index (χ3v) is 2.80. The van der Waals surface area contributed by atoms with E-state index in [0.717, 1.165) is 25.7 Å². The van der Waals surface area contributed by atoms with Crippen LogP contribution in [0.4, 0.5) is 0 Å². The molecule has 0 aromatic rings. The SMILES string of the molecule is O=C(O)C1CCCCC1.OCC(O)CS. The molecule has 1 atom stereocenters. The van der Waals surface area contributed by atoms with Crippen LogP contribution in [0.2, 0.25) is 0 Å². The summed E-state index contributed by atoms with van der Waals surface area (Å²) in [4.78, 5) is 10.4. The summed E-state index contributed by atoms with van der Waals surface area (Å²) in [7, 11) is 0. The van der Waals surface area contributed by atoms with Gasteiger partial charge in [0.05, 0.1) is 18.6 Å². The van der Waals surface area contributed by atoms with Crippen LogP contribution < -0.4 is 0 Å². The van der Waals surface area contributed by atoms with E-state index >= 15 is 0 Å². The normalized spacial score (nSPS) is 18.9. The Morgan fingerprint density at radius 3 is 2.07 bits per heavy atom. The summed E-state index contributed by atoms with van der Waals surface area (Å²) in [5.74, 6) is -0.301. The molecule has 0 radical (unpaired) electrons. The van der Waals surface area contributed by atoms with Crippen molar-refractivity contribution in [1.82, 2.24) is 0 Å². The molecule has 0 amide bonds. The molecule has 1 fully saturated rings. The topological polar surface area (TPSA) is 77.8 Å². The smallest absolute Gasteiger partial charge is 0.306 e. The number of carbonyl (C=O) groups is 1. The molecule has 1 aliphatic carbocycles. The molecule has 15 heavy (non-hydrogen) atoms. The van der Waals surface area contributed by atoms with Gasteiger partial charge in [0.25, 0.3) is 0 Å². The summed E-state index contributed by atoms with van der Waals surface area (Å²) >= 11 is 3.69. The summed E-state index contributed by atoms with van der Waals surface area (Å²) in [6, 6.07) is 0. The van der Waals surface area contributed by atoms with Crippen LogP contribution in [-0.2, 0) is 4.79 Å². The number of carboxylic acids is 1. The first-order valence-electron chi connectivity index (χ1n) is 5.24. The third-order valence-electron chi connectivity index (χ3n) is 2.38. The fourth-order valence-corrected chi connectivity index (χ4v) is 1.52. The van der Waals surface area contributed by atoms with Gasteiger partial charge in [-0.15, -0.1) is 0 Å². The van der Waals surface area contributed by atoms with Gasteiger partial charge in [0.2, 0.25) is 0 Å². The van der Waals surface area contributed by atoms with Crippen molar-refractivity contribution in [1.29, 1.82) is 0 Å². The molecule has 0 spiro atoms. The zero-order chi connectivity index (χ0) is 11.7. The summed E-state index contributed by atoms with van der Waals surface area (Å²) in [6.07, 6.45) is 4.59. The first kappa shape index (κ1) is 14.7. The zero-order valence-corrected chi connectivity index (χ0v) is 9.70. The first-order valence-corrected chi connectivity index (χ1v) is 5.87. The van der Waals surface area contributed by atoms with Crippen molar-refractivity contribution < 1.29 is 20.1 Å². The van der Waals surface area contributed by atoms with Crippen LogP contribution in [0.15, 0.2) is 0 Å². The number of hydrogen-bond donors (Lipinski definition) is 4. The Kier molecular flexibility index (Phi) is 8.85. The van der Waals surface area contributed by atoms with E-state index in [4.69, 9.17) is 15.3 Å². The number of rotatable bonds is 3. The number of hydrogen-bond acceptors (Lipinski definition) is 4. The van der Waals surface area contributed by atoms with Crippen LogP contribution in [0.1, 0.15) is 32.1 Å². The molecule has 1 saturated carbocycles. The van der Waals surface area contributed by atoms with Gasteiger partial charge in [-0.1, -0.05) is 19.3 Å². The molecule has 0 heterocycles. The van der Waals surface area contributed by atoms with Crippen LogP contribution in [0, 0.1) is 5.92 Å². The van der Waals surface area contributed by atoms with E-state index < -0.39 is 12.1 Å². The Hall–Kier alpha value is -0.260. The van der Waals surface area contributed by atoms with Crippen LogP contribution in [0.5, 0.6) is 0 Å². The number of aliphatic hydroxyl groups excluding tert-OH is 2. The highest BCUT2D eigenvalue weighted by Crippen LogP contribution is 2.23. The second-order valence-electron chi connectivity index (χ2n) is 3.69. The highest BCUT2D eigenvalue weighted by atomic mass is 32.1. The van der Waals surface area contributed by atoms with E-state index in [1.807, 2.05) is 0 Å². The third kappa shape index (κ3) is 7.64. The van der Waals surface area contributed by atoms with Crippen LogP contribution in [-0.4, -0.2) is 39.8 Å². The molecule has 90 valence electrons. The number of aliphatic carboxylic acids is 1. The van der Waals surface area contributed by atoms with Gasteiger partial charge in [-0.2, -0.15) is 12.6 Å². The molecule has 0 aliphatic heterocycles. The van der Waals surface area contributed by atoms with E-state index in [9.17, 15) is 4.79 Å². The molecular formula is C10H20O4S. The Bertz CT molecular complexity index is 165. The second-order valence-corrected chi connectivity index (χ2v) is 4.06. The molecule has 3 N–H and O–H groups in total. The molecule has 5 heteroatoms. The lowest BCUT2D eigenvalue weighted by Crippen LogP contribution is -2.16. The summed E-state index contributed by atoms with van der Waals surface area (Å²) in [5, 5.41) is 24.9. The number of thiol groups is 1. The first-order chi connectivity index (χ1) is 7.11. The van der Waals surface area contributed by atoms with E-state index in [-0.39, 0.29) is 12.5 Å². The van der Waals surface area contributed by atoms with Crippen LogP contribution in [0.3, 0.4) is 0 Å². The molecule has 4 nitrogen and oxygen atoms in total. The maximum atomic E-state index is 10.4. The Balaban J connectivity index is 0.000000288.